The number of hydrogen-bond donors (Lipinski definition) is 2. The van der Waals surface area contributed by atoms with Crippen molar-refractivity contribution in [2.24, 2.45) is 0 Å². The van der Waals surface area contributed by atoms with Gasteiger partial charge in [-0.05, 0) is 17.0 Å². The zero-order valence-electron chi connectivity index (χ0n) is 10.1. The van der Waals surface area contributed by atoms with Crippen LogP contribution in [0.2, 0.25) is 0 Å². The third kappa shape index (κ3) is 2.20. The molecular weight excluding hydrogens is 218 g/mol. The van der Waals surface area contributed by atoms with Crippen LogP contribution < -0.4 is 5.32 Å². The average Bonchev–Trinajstić information content (AvgIpc) is 2.26. The van der Waals surface area contributed by atoms with Crippen LogP contribution in [0.1, 0.15) is 26.3 Å². The fourth-order valence-electron chi connectivity index (χ4n) is 1.96. The molecule has 88 valence electrons. The number of nitrogens with one attached hydrogen (secondary N) is 1. The number of fused-ring (bicyclic) bond motifs is 1. The highest BCUT2D eigenvalue weighted by atomic mass is 32.2. The van der Waals surface area contributed by atoms with Crippen molar-refractivity contribution in [2.75, 3.05) is 17.7 Å². The van der Waals surface area contributed by atoms with Gasteiger partial charge in [-0.25, -0.2) is 0 Å². The highest BCUT2D eigenvalue weighted by Gasteiger charge is 2.25. The lowest BCUT2D eigenvalue weighted by Gasteiger charge is -2.31. The molecule has 2 N–H and O–H groups in total. The largest absolute Gasteiger partial charge is 0.394 e. The Morgan fingerprint density at radius 1 is 1.44 bits per heavy atom. The third-order valence-corrected chi connectivity index (χ3v) is 4.06. The van der Waals surface area contributed by atoms with Crippen LogP contribution in [0.25, 0.3) is 0 Å². The van der Waals surface area contributed by atoms with E-state index in [1.54, 1.807) is 0 Å². The SMILES string of the molecule is CC(C)(C)c1cccc2c1NC(CO)CS2. The molecule has 1 aliphatic heterocycles. The second kappa shape index (κ2) is 4.30. The molecule has 2 nitrogen and oxygen atoms in total. The Hall–Kier alpha value is -0.670. The monoisotopic (exact) mass is 237 g/mol. The number of thioether (sulfide) groups is 1. The number of aliphatic hydroxyl groups excluding tert-OH is 1. The van der Waals surface area contributed by atoms with Crippen LogP contribution >= 0.6 is 11.8 Å². The first kappa shape index (κ1) is 11.8. The Labute approximate surface area is 101 Å². The molecule has 3 heteroatoms. The van der Waals surface area contributed by atoms with Gasteiger partial charge in [0.1, 0.15) is 0 Å². The minimum atomic E-state index is 0.135. The zero-order valence-corrected chi connectivity index (χ0v) is 10.9. The smallest absolute Gasteiger partial charge is 0.0641 e. The molecule has 0 amide bonds. The van der Waals surface area contributed by atoms with Crippen LogP contribution in [0.3, 0.4) is 0 Å². The van der Waals surface area contributed by atoms with Crippen LogP contribution in [-0.2, 0) is 5.41 Å². The summed E-state index contributed by atoms with van der Waals surface area (Å²) in [6, 6.07) is 6.62. The number of para-hydroxylation sites is 1. The zero-order chi connectivity index (χ0) is 11.8. The van der Waals surface area contributed by atoms with Gasteiger partial charge in [0.05, 0.1) is 18.3 Å². The molecule has 0 saturated carbocycles. The van der Waals surface area contributed by atoms with E-state index in [0.717, 1.165) is 5.75 Å². The molecule has 0 radical (unpaired) electrons. The van der Waals surface area contributed by atoms with Crippen LogP contribution in [0.5, 0.6) is 0 Å². The summed E-state index contributed by atoms with van der Waals surface area (Å²) in [5, 5.41) is 12.7. The molecule has 1 heterocycles. The van der Waals surface area contributed by atoms with E-state index in [0.29, 0.717) is 0 Å². The summed E-state index contributed by atoms with van der Waals surface area (Å²) in [7, 11) is 0. The molecule has 1 atom stereocenters. The maximum atomic E-state index is 9.23. The molecule has 2 rings (SSSR count). The van der Waals surface area contributed by atoms with Crippen LogP contribution in [0, 0.1) is 0 Å². The van der Waals surface area contributed by atoms with Gasteiger partial charge in [0, 0.05) is 10.6 Å². The molecule has 1 aliphatic rings. The maximum Gasteiger partial charge on any atom is 0.0641 e. The van der Waals surface area contributed by atoms with E-state index in [1.165, 1.54) is 16.1 Å². The molecule has 16 heavy (non-hydrogen) atoms. The molecule has 0 aliphatic carbocycles. The molecule has 1 unspecified atom stereocenters. The second-order valence-electron chi connectivity index (χ2n) is 5.26. The maximum absolute atomic E-state index is 9.23. The Morgan fingerprint density at radius 2 is 2.19 bits per heavy atom. The minimum absolute atomic E-state index is 0.135. The van der Waals surface area contributed by atoms with Crippen molar-refractivity contribution in [3.05, 3.63) is 23.8 Å². The normalized spacial score (nSPS) is 20.1. The first-order chi connectivity index (χ1) is 7.52. The first-order valence-corrected chi connectivity index (χ1v) is 6.64. The fourth-order valence-corrected chi connectivity index (χ4v) is 3.02. The van der Waals surface area contributed by atoms with Crippen molar-refractivity contribution in [3.63, 3.8) is 0 Å². The van der Waals surface area contributed by atoms with Gasteiger partial charge in [-0.15, -0.1) is 11.8 Å². The van der Waals surface area contributed by atoms with Gasteiger partial charge in [0.15, 0.2) is 0 Å². The van der Waals surface area contributed by atoms with Crippen LogP contribution in [0.15, 0.2) is 23.1 Å². The Kier molecular flexibility index (Phi) is 3.17. The summed E-state index contributed by atoms with van der Waals surface area (Å²) < 4.78 is 0. The Bertz CT molecular complexity index is 384. The van der Waals surface area contributed by atoms with E-state index in [1.807, 2.05) is 11.8 Å². The Morgan fingerprint density at radius 3 is 2.81 bits per heavy atom. The Balaban J connectivity index is 2.42. The van der Waals surface area contributed by atoms with E-state index in [2.05, 4.69) is 44.3 Å². The van der Waals surface area contributed by atoms with E-state index in [-0.39, 0.29) is 18.1 Å². The van der Waals surface area contributed by atoms with Gasteiger partial charge in [-0.2, -0.15) is 0 Å². The number of benzene rings is 1. The lowest BCUT2D eigenvalue weighted by atomic mass is 9.85. The predicted molar refractivity (Wildman–Crippen MR) is 70.4 cm³/mol. The average molecular weight is 237 g/mol. The van der Waals surface area contributed by atoms with E-state index in [9.17, 15) is 5.11 Å². The van der Waals surface area contributed by atoms with Crippen molar-refractivity contribution in [1.29, 1.82) is 0 Å². The second-order valence-corrected chi connectivity index (χ2v) is 6.33. The topological polar surface area (TPSA) is 32.3 Å². The summed E-state index contributed by atoms with van der Waals surface area (Å²) in [6.45, 7) is 6.86. The van der Waals surface area contributed by atoms with E-state index in [4.69, 9.17) is 0 Å². The lowest BCUT2D eigenvalue weighted by Crippen LogP contribution is -2.31. The molecule has 1 aromatic carbocycles. The van der Waals surface area contributed by atoms with Crippen LogP contribution in [-0.4, -0.2) is 23.5 Å². The first-order valence-electron chi connectivity index (χ1n) is 5.66. The van der Waals surface area contributed by atoms with Crippen molar-refractivity contribution >= 4 is 17.4 Å². The van der Waals surface area contributed by atoms with Gasteiger partial charge < -0.3 is 10.4 Å². The molecule has 0 bridgehead atoms. The highest BCUT2D eigenvalue weighted by Crippen LogP contribution is 2.40. The number of hydrogen-bond acceptors (Lipinski definition) is 3. The van der Waals surface area contributed by atoms with Crippen LogP contribution in [0.4, 0.5) is 5.69 Å². The molecule has 0 saturated heterocycles. The van der Waals surface area contributed by atoms with E-state index < -0.39 is 0 Å². The standard InChI is InChI=1S/C13H19NOS/c1-13(2,3)10-5-4-6-11-12(10)14-9(7-15)8-16-11/h4-6,9,14-15H,7-8H2,1-3H3. The van der Waals surface area contributed by atoms with Crippen molar-refractivity contribution < 1.29 is 5.11 Å². The van der Waals surface area contributed by atoms with Gasteiger partial charge in [-0.1, -0.05) is 32.9 Å². The molecular formula is C13H19NOS. The molecule has 0 spiro atoms. The van der Waals surface area contributed by atoms with Gasteiger partial charge >= 0.3 is 0 Å². The van der Waals surface area contributed by atoms with Gasteiger partial charge in [-0.3, -0.25) is 0 Å². The van der Waals surface area contributed by atoms with Crippen molar-refractivity contribution in [1.82, 2.24) is 0 Å². The molecule has 0 fully saturated rings. The summed E-state index contributed by atoms with van der Waals surface area (Å²) in [4.78, 5) is 1.30. The highest BCUT2D eigenvalue weighted by molar-refractivity contribution is 7.99. The predicted octanol–water partition coefficient (Wildman–Crippen LogP) is 2.86. The molecule has 1 aromatic rings. The quantitative estimate of drug-likeness (QED) is 0.788. The fraction of sp³-hybridized carbons (Fsp3) is 0.538. The van der Waals surface area contributed by atoms with Crippen molar-refractivity contribution in [2.45, 2.75) is 37.1 Å². The number of aliphatic hydroxyl groups is 1. The summed E-state index contributed by atoms with van der Waals surface area (Å²) in [5.74, 6) is 0.942. The summed E-state index contributed by atoms with van der Waals surface area (Å²) in [5.41, 5.74) is 2.68. The number of anilines is 1. The summed E-state index contributed by atoms with van der Waals surface area (Å²) in [6.07, 6.45) is 0. The van der Waals surface area contributed by atoms with Gasteiger partial charge in [0.25, 0.3) is 0 Å². The van der Waals surface area contributed by atoms with Gasteiger partial charge in [0.2, 0.25) is 0 Å². The van der Waals surface area contributed by atoms with Crippen molar-refractivity contribution in [3.8, 4) is 0 Å². The van der Waals surface area contributed by atoms with E-state index >= 15 is 0 Å². The minimum Gasteiger partial charge on any atom is -0.394 e. The number of rotatable bonds is 1. The molecule has 0 aromatic heterocycles. The third-order valence-electron chi connectivity index (χ3n) is 2.84. The lowest BCUT2D eigenvalue weighted by molar-refractivity contribution is 0.282. The summed E-state index contributed by atoms with van der Waals surface area (Å²) >= 11 is 1.83.